The van der Waals surface area contributed by atoms with Gasteiger partial charge < -0.3 is 11.1 Å². The van der Waals surface area contributed by atoms with E-state index in [1.165, 1.54) is 0 Å². The Morgan fingerprint density at radius 2 is 1.95 bits per heavy atom. The number of carbonyl (C=O) groups is 1. The van der Waals surface area contributed by atoms with Crippen LogP contribution in [-0.2, 0) is 6.54 Å². The molecule has 1 amide bonds. The average molecular weight is 354 g/mol. The number of hydrogen-bond donors (Lipinski definition) is 2. The molecule has 0 fully saturated rings. The van der Waals surface area contributed by atoms with Gasteiger partial charge in [0.2, 0.25) is 0 Å². The van der Waals surface area contributed by atoms with Gasteiger partial charge in [-0.2, -0.15) is 0 Å². The molecule has 0 unspecified atom stereocenters. The predicted molar refractivity (Wildman–Crippen MR) is 86.2 cm³/mol. The molecule has 0 aliphatic rings. The van der Waals surface area contributed by atoms with Crippen molar-refractivity contribution in [3.63, 3.8) is 0 Å². The number of aryl methyl sites for hydroxylation is 1. The van der Waals surface area contributed by atoms with Crippen molar-refractivity contribution in [3.8, 4) is 0 Å². The minimum absolute atomic E-state index is 0.186. The first-order valence-corrected chi connectivity index (χ1v) is 7.24. The predicted octanol–water partition coefficient (Wildman–Crippen LogP) is 4.12. The second kappa shape index (κ2) is 6.39. The van der Waals surface area contributed by atoms with Crippen molar-refractivity contribution >= 4 is 39.1 Å². The van der Waals surface area contributed by atoms with Crippen LogP contribution in [0.5, 0.6) is 0 Å². The molecule has 2 aromatic rings. The van der Waals surface area contributed by atoms with Crippen LogP contribution in [0.2, 0.25) is 5.02 Å². The third-order valence-electron chi connectivity index (χ3n) is 2.95. The molecule has 0 aromatic heterocycles. The molecule has 0 saturated heterocycles. The normalized spacial score (nSPS) is 10.4. The lowest BCUT2D eigenvalue weighted by Gasteiger charge is -2.10. The van der Waals surface area contributed by atoms with Crippen LogP contribution in [0, 0.1) is 6.92 Å². The van der Waals surface area contributed by atoms with Crippen molar-refractivity contribution in [3.05, 3.63) is 62.6 Å². The van der Waals surface area contributed by atoms with E-state index in [4.69, 9.17) is 17.3 Å². The van der Waals surface area contributed by atoms with E-state index in [0.717, 1.165) is 15.6 Å². The molecule has 104 valence electrons. The Morgan fingerprint density at radius 1 is 1.30 bits per heavy atom. The third kappa shape index (κ3) is 3.39. The van der Waals surface area contributed by atoms with Crippen LogP contribution < -0.4 is 11.1 Å². The van der Waals surface area contributed by atoms with E-state index in [1.54, 1.807) is 18.2 Å². The average Bonchev–Trinajstić information content (AvgIpc) is 2.44. The molecule has 20 heavy (non-hydrogen) atoms. The first-order chi connectivity index (χ1) is 9.51. The van der Waals surface area contributed by atoms with Gasteiger partial charge in [-0.15, -0.1) is 0 Å². The van der Waals surface area contributed by atoms with Gasteiger partial charge >= 0.3 is 0 Å². The van der Waals surface area contributed by atoms with Crippen LogP contribution in [0.4, 0.5) is 5.69 Å². The summed E-state index contributed by atoms with van der Waals surface area (Å²) in [5.74, 6) is -0.186. The van der Waals surface area contributed by atoms with E-state index >= 15 is 0 Å². The van der Waals surface area contributed by atoms with E-state index in [9.17, 15) is 4.79 Å². The van der Waals surface area contributed by atoms with Crippen LogP contribution in [0.25, 0.3) is 0 Å². The summed E-state index contributed by atoms with van der Waals surface area (Å²) >= 11 is 9.48. The fraction of sp³-hybridized carbons (Fsp3) is 0.133. The van der Waals surface area contributed by atoms with Crippen LogP contribution in [-0.4, -0.2) is 5.91 Å². The lowest BCUT2D eigenvalue weighted by molar-refractivity contribution is 0.102. The number of hydrogen-bond acceptors (Lipinski definition) is 2. The molecule has 0 atom stereocenters. The molecule has 0 bridgehead atoms. The van der Waals surface area contributed by atoms with Gasteiger partial charge in [-0.1, -0.05) is 23.7 Å². The fourth-order valence-electron chi connectivity index (χ4n) is 1.73. The van der Waals surface area contributed by atoms with Gasteiger partial charge in [-0.25, -0.2) is 0 Å². The first kappa shape index (κ1) is 15.0. The summed E-state index contributed by atoms with van der Waals surface area (Å²) in [7, 11) is 0. The molecule has 5 heteroatoms. The zero-order valence-electron chi connectivity index (χ0n) is 10.9. The fourth-order valence-corrected chi connectivity index (χ4v) is 2.45. The Morgan fingerprint density at radius 3 is 2.55 bits per heavy atom. The Labute approximate surface area is 131 Å². The smallest absolute Gasteiger partial charge is 0.255 e. The summed E-state index contributed by atoms with van der Waals surface area (Å²) in [6, 6.07) is 10.8. The molecule has 0 saturated carbocycles. The van der Waals surface area contributed by atoms with Gasteiger partial charge in [-0.3, -0.25) is 4.79 Å². The second-order valence-electron chi connectivity index (χ2n) is 4.44. The van der Waals surface area contributed by atoms with Crippen LogP contribution in [0.1, 0.15) is 21.5 Å². The van der Waals surface area contributed by atoms with E-state index in [0.29, 0.717) is 22.8 Å². The van der Waals surface area contributed by atoms with Crippen LogP contribution in [0.3, 0.4) is 0 Å². The monoisotopic (exact) mass is 352 g/mol. The maximum absolute atomic E-state index is 12.2. The van der Waals surface area contributed by atoms with E-state index in [1.807, 2.05) is 25.1 Å². The van der Waals surface area contributed by atoms with Gasteiger partial charge in [0.05, 0.1) is 5.69 Å². The SMILES string of the molecule is Cc1cc(Br)c(NC(=O)c2ccc(CN)cc2)cc1Cl. The van der Waals surface area contributed by atoms with Crippen LogP contribution >= 0.6 is 27.5 Å². The Balaban J connectivity index is 2.20. The molecular weight excluding hydrogens is 340 g/mol. The molecule has 0 aliphatic heterocycles. The van der Waals surface area contributed by atoms with Crippen molar-refractivity contribution in [2.24, 2.45) is 5.73 Å². The molecule has 2 aromatic carbocycles. The molecule has 2 rings (SSSR count). The molecule has 0 spiro atoms. The zero-order chi connectivity index (χ0) is 14.7. The highest BCUT2D eigenvalue weighted by molar-refractivity contribution is 9.10. The number of carbonyl (C=O) groups excluding carboxylic acids is 1. The number of nitrogens with one attached hydrogen (secondary N) is 1. The molecule has 3 nitrogen and oxygen atoms in total. The maximum atomic E-state index is 12.2. The van der Waals surface area contributed by atoms with E-state index in [-0.39, 0.29) is 5.91 Å². The number of amides is 1. The van der Waals surface area contributed by atoms with Crippen molar-refractivity contribution < 1.29 is 4.79 Å². The maximum Gasteiger partial charge on any atom is 0.255 e. The van der Waals surface area contributed by atoms with Crippen LogP contribution in [0.15, 0.2) is 40.9 Å². The summed E-state index contributed by atoms with van der Waals surface area (Å²) in [5.41, 5.74) is 8.69. The minimum atomic E-state index is -0.186. The lowest BCUT2D eigenvalue weighted by Crippen LogP contribution is -2.12. The van der Waals surface area contributed by atoms with Gasteiger partial charge in [0.25, 0.3) is 5.91 Å². The summed E-state index contributed by atoms with van der Waals surface area (Å²) in [5, 5.41) is 3.44. The molecule has 0 radical (unpaired) electrons. The second-order valence-corrected chi connectivity index (χ2v) is 5.70. The number of anilines is 1. The van der Waals surface area contributed by atoms with Crippen molar-refractivity contribution in [2.45, 2.75) is 13.5 Å². The highest BCUT2D eigenvalue weighted by Gasteiger charge is 2.10. The Hall–Kier alpha value is -1.36. The van der Waals surface area contributed by atoms with E-state index < -0.39 is 0 Å². The first-order valence-electron chi connectivity index (χ1n) is 6.07. The topological polar surface area (TPSA) is 55.1 Å². The van der Waals surface area contributed by atoms with Crippen molar-refractivity contribution in [1.29, 1.82) is 0 Å². The summed E-state index contributed by atoms with van der Waals surface area (Å²) in [6.45, 7) is 2.37. The lowest BCUT2D eigenvalue weighted by atomic mass is 10.1. The summed E-state index contributed by atoms with van der Waals surface area (Å²) in [6.07, 6.45) is 0. The largest absolute Gasteiger partial charge is 0.326 e. The van der Waals surface area contributed by atoms with Gasteiger partial charge in [-0.05, 0) is 58.2 Å². The zero-order valence-corrected chi connectivity index (χ0v) is 13.3. The Kier molecular flexibility index (Phi) is 4.81. The number of rotatable bonds is 3. The summed E-state index contributed by atoms with van der Waals surface area (Å²) in [4.78, 5) is 12.2. The van der Waals surface area contributed by atoms with Crippen molar-refractivity contribution in [1.82, 2.24) is 0 Å². The van der Waals surface area contributed by atoms with Gasteiger partial charge in [0.15, 0.2) is 0 Å². The standard InChI is InChI=1S/C15H14BrClN2O/c1-9-6-12(16)14(7-13(9)17)19-15(20)11-4-2-10(8-18)3-5-11/h2-7H,8,18H2,1H3,(H,19,20). The third-order valence-corrected chi connectivity index (χ3v) is 4.01. The van der Waals surface area contributed by atoms with E-state index in [2.05, 4.69) is 21.2 Å². The highest BCUT2D eigenvalue weighted by Crippen LogP contribution is 2.29. The molecule has 0 aliphatic carbocycles. The van der Waals surface area contributed by atoms with Crippen molar-refractivity contribution in [2.75, 3.05) is 5.32 Å². The number of halogens is 2. The quantitative estimate of drug-likeness (QED) is 0.872. The summed E-state index contributed by atoms with van der Waals surface area (Å²) < 4.78 is 0.798. The number of nitrogens with two attached hydrogens (primary N) is 1. The number of benzene rings is 2. The highest BCUT2D eigenvalue weighted by atomic mass is 79.9. The molecular formula is C15H14BrClN2O. The van der Waals surface area contributed by atoms with Gasteiger partial charge in [0.1, 0.15) is 0 Å². The molecule has 0 heterocycles. The molecule has 3 N–H and O–H groups in total. The van der Waals surface area contributed by atoms with Gasteiger partial charge in [0, 0.05) is 21.6 Å². The Bertz CT molecular complexity index is 641. The minimum Gasteiger partial charge on any atom is -0.326 e.